The first-order chi connectivity index (χ1) is 9.40. The Morgan fingerprint density at radius 3 is 2.60 bits per heavy atom. The highest BCUT2D eigenvalue weighted by Gasteiger charge is 2.10. The van der Waals surface area contributed by atoms with Crippen molar-refractivity contribution in [2.45, 2.75) is 6.54 Å². The van der Waals surface area contributed by atoms with Gasteiger partial charge < -0.3 is 20.2 Å². The summed E-state index contributed by atoms with van der Waals surface area (Å²) in [6, 6.07) is -0.176. The third kappa shape index (κ3) is 5.22. The van der Waals surface area contributed by atoms with Crippen LogP contribution in [0.15, 0.2) is 6.20 Å². The molecule has 1 rings (SSSR count). The number of aromatic carboxylic acids is 1. The highest BCUT2D eigenvalue weighted by atomic mass is 16.4. The molecule has 0 saturated heterocycles. The lowest BCUT2D eigenvalue weighted by Crippen LogP contribution is -2.41. The van der Waals surface area contributed by atoms with E-state index < -0.39 is 5.97 Å². The smallest absolute Gasteiger partial charge is 0.358 e. The van der Waals surface area contributed by atoms with Crippen LogP contribution in [-0.4, -0.2) is 82.7 Å². The Hall–Kier alpha value is -2.16. The van der Waals surface area contributed by atoms with Gasteiger partial charge in [-0.25, -0.2) is 14.3 Å². The van der Waals surface area contributed by atoms with Crippen molar-refractivity contribution in [3.05, 3.63) is 11.9 Å². The largest absolute Gasteiger partial charge is 0.476 e. The van der Waals surface area contributed by atoms with Crippen molar-refractivity contribution in [2.75, 3.05) is 40.8 Å². The van der Waals surface area contributed by atoms with Crippen molar-refractivity contribution in [1.29, 1.82) is 0 Å². The summed E-state index contributed by atoms with van der Waals surface area (Å²) < 4.78 is 1.38. The van der Waals surface area contributed by atoms with E-state index in [0.717, 1.165) is 6.54 Å². The van der Waals surface area contributed by atoms with Gasteiger partial charge in [0.2, 0.25) is 0 Å². The van der Waals surface area contributed by atoms with Crippen LogP contribution in [0.3, 0.4) is 0 Å². The van der Waals surface area contributed by atoms with E-state index in [9.17, 15) is 9.59 Å². The number of carbonyl (C=O) groups is 2. The number of hydrogen-bond acceptors (Lipinski definition) is 5. The van der Waals surface area contributed by atoms with Gasteiger partial charge in [-0.15, -0.1) is 5.10 Å². The van der Waals surface area contributed by atoms with Crippen LogP contribution in [0.1, 0.15) is 10.5 Å². The topological polar surface area (TPSA) is 104 Å². The molecule has 1 heterocycles. The van der Waals surface area contributed by atoms with Crippen molar-refractivity contribution in [2.24, 2.45) is 0 Å². The van der Waals surface area contributed by atoms with E-state index in [0.29, 0.717) is 19.6 Å². The monoisotopic (exact) mass is 284 g/mol. The van der Waals surface area contributed by atoms with Crippen LogP contribution < -0.4 is 5.32 Å². The molecule has 2 amide bonds. The van der Waals surface area contributed by atoms with E-state index in [1.807, 2.05) is 19.0 Å². The summed E-state index contributed by atoms with van der Waals surface area (Å²) in [6.45, 7) is 2.14. The lowest BCUT2D eigenvalue weighted by molar-refractivity contribution is 0.0690. The first-order valence-corrected chi connectivity index (χ1v) is 6.17. The molecule has 0 unspecified atom stereocenters. The van der Waals surface area contributed by atoms with Gasteiger partial charge in [0.15, 0.2) is 5.69 Å². The fourth-order valence-corrected chi connectivity index (χ4v) is 1.37. The van der Waals surface area contributed by atoms with Crippen molar-refractivity contribution in [3.8, 4) is 0 Å². The maximum atomic E-state index is 11.7. The van der Waals surface area contributed by atoms with E-state index in [-0.39, 0.29) is 11.7 Å². The lowest BCUT2D eigenvalue weighted by Gasteiger charge is -2.20. The second kappa shape index (κ2) is 7.43. The number of rotatable bonds is 7. The van der Waals surface area contributed by atoms with E-state index in [4.69, 9.17) is 5.11 Å². The quantitative estimate of drug-likeness (QED) is 0.678. The van der Waals surface area contributed by atoms with Gasteiger partial charge in [0.1, 0.15) is 0 Å². The van der Waals surface area contributed by atoms with E-state index in [1.165, 1.54) is 10.9 Å². The van der Waals surface area contributed by atoms with Gasteiger partial charge in [-0.2, -0.15) is 0 Å². The highest BCUT2D eigenvalue weighted by Crippen LogP contribution is 1.92. The first kappa shape index (κ1) is 15.9. The molecule has 9 heteroatoms. The molecule has 1 aromatic heterocycles. The average Bonchev–Trinajstić information content (AvgIpc) is 2.84. The van der Waals surface area contributed by atoms with Crippen molar-refractivity contribution >= 4 is 12.0 Å². The molecule has 0 aliphatic heterocycles. The Morgan fingerprint density at radius 1 is 1.35 bits per heavy atom. The van der Waals surface area contributed by atoms with Crippen molar-refractivity contribution in [1.82, 2.24) is 30.1 Å². The summed E-state index contributed by atoms with van der Waals surface area (Å²) in [5, 5.41) is 18.6. The van der Waals surface area contributed by atoms with Gasteiger partial charge in [-0.05, 0) is 14.1 Å². The fourth-order valence-electron chi connectivity index (χ4n) is 1.37. The molecule has 1 aromatic rings. The number of carboxylic acids is 1. The lowest BCUT2D eigenvalue weighted by atomic mass is 10.5. The fraction of sp³-hybridized carbons (Fsp3) is 0.636. The summed E-state index contributed by atoms with van der Waals surface area (Å²) in [7, 11) is 5.60. The molecule has 0 bridgehead atoms. The van der Waals surface area contributed by atoms with Gasteiger partial charge in [0.05, 0.1) is 12.7 Å². The van der Waals surface area contributed by atoms with Gasteiger partial charge in [-0.3, -0.25) is 0 Å². The summed E-state index contributed by atoms with van der Waals surface area (Å²) in [5.74, 6) is -1.12. The van der Waals surface area contributed by atoms with E-state index in [1.54, 1.807) is 11.9 Å². The summed E-state index contributed by atoms with van der Waals surface area (Å²) in [4.78, 5) is 25.9. The standard InChI is InChI=1S/C11H20N6O3/c1-15(2)6-7-16(3)11(20)12-4-5-17-8-9(10(18)19)13-14-17/h8H,4-7H2,1-3H3,(H,12,20)(H,18,19). The molecule has 0 atom stereocenters. The molecule has 0 fully saturated rings. The molecule has 0 aliphatic rings. The van der Waals surface area contributed by atoms with E-state index >= 15 is 0 Å². The third-order valence-electron chi connectivity index (χ3n) is 2.60. The number of carbonyl (C=O) groups excluding carboxylic acids is 1. The van der Waals surface area contributed by atoms with Crippen LogP contribution in [0.25, 0.3) is 0 Å². The minimum Gasteiger partial charge on any atom is -0.476 e. The van der Waals surface area contributed by atoms with Crippen LogP contribution in [0.5, 0.6) is 0 Å². The molecule has 0 spiro atoms. The minimum atomic E-state index is -1.12. The Labute approximate surface area is 117 Å². The number of urea groups is 1. The van der Waals surface area contributed by atoms with Crippen LogP contribution in [-0.2, 0) is 6.54 Å². The molecular formula is C11H20N6O3. The zero-order valence-electron chi connectivity index (χ0n) is 11.9. The highest BCUT2D eigenvalue weighted by molar-refractivity contribution is 5.84. The predicted molar refractivity (Wildman–Crippen MR) is 71.6 cm³/mol. The van der Waals surface area contributed by atoms with Crippen LogP contribution in [0, 0.1) is 0 Å². The number of amides is 2. The first-order valence-electron chi connectivity index (χ1n) is 6.17. The van der Waals surface area contributed by atoms with Gasteiger partial charge >= 0.3 is 12.0 Å². The molecular weight excluding hydrogens is 264 g/mol. The second-order valence-corrected chi connectivity index (χ2v) is 4.63. The number of likely N-dealkylation sites (N-methyl/N-ethyl adjacent to an activating group) is 2. The molecule has 0 radical (unpaired) electrons. The zero-order valence-corrected chi connectivity index (χ0v) is 11.9. The third-order valence-corrected chi connectivity index (χ3v) is 2.60. The van der Waals surface area contributed by atoms with Crippen LogP contribution in [0.4, 0.5) is 4.79 Å². The normalized spacial score (nSPS) is 10.6. The Balaban J connectivity index is 2.28. The molecule has 0 aromatic carbocycles. The number of carboxylic acid groups (broad SMARTS) is 1. The summed E-state index contributed by atoms with van der Waals surface area (Å²) in [6.07, 6.45) is 1.32. The van der Waals surface area contributed by atoms with Crippen LogP contribution in [0.2, 0.25) is 0 Å². The maximum Gasteiger partial charge on any atom is 0.358 e. The van der Waals surface area contributed by atoms with Crippen molar-refractivity contribution in [3.63, 3.8) is 0 Å². The number of nitrogens with zero attached hydrogens (tertiary/aromatic N) is 5. The molecule has 9 nitrogen and oxygen atoms in total. The van der Waals surface area contributed by atoms with Gasteiger partial charge in [0.25, 0.3) is 0 Å². The molecule has 0 saturated carbocycles. The summed E-state index contributed by atoms with van der Waals surface area (Å²) in [5.41, 5.74) is -0.112. The molecule has 20 heavy (non-hydrogen) atoms. The van der Waals surface area contributed by atoms with Crippen LogP contribution >= 0.6 is 0 Å². The zero-order chi connectivity index (χ0) is 15.1. The number of nitrogens with one attached hydrogen (secondary N) is 1. The Morgan fingerprint density at radius 2 is 2.05 bits per heavy atom. The van der Waals surface area contributed by atoms with Gasteiger partial charge in [0, 0.05) is 26.7 Å². The summed E-state index contributed by atoms with van der Waals surface area (Å²) >= 11 is 0. The molecule has 112 valence electrons. The molecule has 2 N–H and O–H groups in total. The minimum absolute atomic E-state index is 0.112. The number of hydrogen-bond donors (Lipinski definition) is 2. The second-order valence-electron chi connectivity index (χ2n) is 4.63. The van der Waals surface area contributed by atoms with Crippen molar-refractivity contribution < 1.29 is 14.7 Å². The SMILES string of the molecule is CN(C)CCN(C)C(=O)NCCn1cc(C(=O)O)nn1. The predicted octanol–water partition coefficient (Wildman–Crippen LogP) is -0.821. The Bertz CT molecular complexity index is 459. The Kier molecular flexibility index (Phi) is 5.91. The van der Waals surface area contributed by atoms with Gasteiger partial charge in [-0.1, -0.05) is 5.21 Å². The molecule has 0 aliphatic carbocycles. The van der Waals surface area contributed by atoms with E-state index in [2.05, 4.69) is 15.6 Å². The maximum absolute atomic E-state index is 11.7. The average molecular weight is 284 g/mol. The number of aromatic nitrogens is 3.